The number of fused-ring (bicyclic) bond motifs is 2. The molecule has 6 nitrogen and oxygen atoms in total. The maximum Gasteiger partial charge on any atom is 0.241 e. The third-order valence-electron chi connectivity index (χ3n) is 5.17. The molecule has 2 aliphatic heterocycles. The minimum absolute atomic E-state index is 0.0964. The van der Waals surface area contributed by atoms with Gasteiger partial charge in [-0.2, -0.15) is 4.72 Å². The predicted octanol–water partition coefficient (Wildman–Crippen LogP) is 1.75. The molecule has 2 heterocycles. The largest absolute Gasteiger partial charge is 0.341 e. The van der Waals surface area contributed by atoms with Gasteiger partial charge in [0.1, 0.15) is 0 Å². The summed E-state index contributed by atoms with van der Waals surface area (Å²) in [5, 5.41) is 4.01. The minimum atomic E-state index is -3.76. The second kappa shape index (κ2) is 7.23. The van der Waals surface area contributed by atoms with Gasteiger partial charge in [-0.1, -0.05) is 11.6 Å². The second-order valence-corrected chi connectivity index (χ2v) is 9.16. The molecule has 2 saturated heterocycles. The lowest BCUT2D eigenvalue weighted by Crippen LogP contribution is -2.53. The van der Waals surface area contributed by atoms with Gasteiger partial charge < -0.3 is 10.2 Å². The first-order valence-corrected chi connectivity index (χ1v) is 10.4. The van der Waals surface area contributed by atoms with Crippen LogP contribution in [-0.2, 0) is 14.8 Å². The highest BCUT2D eigenvalue weighted by molar-refractivity contribution is 7.89. The van der Waals surface area contributed by atoms with Crippen LogP contribution >= 0.6 is 11.6 Å². The van der Waals surface area contributed by atoms with Crippen LogP contribution in [0.4, 0.5) is 0 Å². The van der Waals surface area contributed by atoms with Crippen molar-refractivity contribution in [3.05, 3.63) is 29.3 Å². The molecule has 0 aromatic heterocycles. The van der Waals surface area contributed by atoms with E-state index in [9.17, 15) is 13.2 Å². The summed E-state index contributed by atoms with van der Waals surface area (Å²) in [6.07, 6.45) is 4.16. The topological polar surface area (TPSA) is 78.5 Å². The molecule has 2 bridgehead atoms. The number of piperidine rings is 1. The van der Waals surface area contributed by atoms with E-state index in [1.807, 2.05) is 0 Å². The fourth-order valence-corrected chi connectivity index (χ4v) is 5.12. The van der Waals surface area contributed by atoms with Gasteiger partial charge in [0.15, 0.2) is 0 Å². The highest BCUT2D eigenvalue weighted by Gasteiger charge is 2.37. The molecule has 0 aliphatic carbocycles. The van der Waals surface area contributed by atoms with Gasteiger partial charge >= 0.3 is 0 Å². The summed E-state index contributed by atoms with van der Waals surface area (Å²) in [7, 11) is -1.99. The summed E-state index contributed by atoms with van der Waals surface area (Å²) in [4.78, 5) is 14.5. The van der Waals surface area contributed by atoms with E-state index in [0.29, 0.717) is 17.1 Å². The molecule has 0 spiro atoms. The number of carbonyl (C=O) groups excluding carboxylic acids is 1. The van der Waals surface area contributed by atoms with Crippen molar-refractivity contribution in [1.29, 1.82) is 0 Å². The number of rotatable bonds is 5. The Bertz CT molecular complexity index is 726. The van der Waals surface area contributed by atoms with E-state index in [1.54, 1.807) is 18.9 Å². The Morgan fingerprint density at radius 3 is 2.36 bits per heavy atom. The first-order chi connectivity index (χ1) is 11.8. The number of amides is 1. The minimum Gasteiger partial charge on any atom is -0.341 e. The molecular formula is C17H24ClN3O3S. The van der Waals surface area contributed by atoms with Crippen molar-refractivity contribution in [2.75, 3.05) is 7.05 Å². The number of hydrogen-bond donors (Lipinski definition) is 2. The van der Waals surface area contributed by atoms with Crippen molar-refractivity contribution in [1.82, 2.24) is 14.9 Å². The lowest BCUT2D eigenvalue weighted by molar-refractivity contribution is -0.134. The summed E-state index contributed by atoms with van der Waals surface area (Å²) in [6.45, 7) is 1.59. The monoisotopic (exact) mass is 385 g/mol. The molecule has 0 saturated carbocycles. The van der Waals surface area contributed by atoms with E-state index in [4.69, 9.17) is 11.6 Å². The van der Waals surface area contributed by atoms with Crippen LogP contribution in [-0.4, -0.2) is 50.4 Å². The van der Waals surface area contributed by atoms with E-state index in [-0.39, 0.29) is 16.8 Å². The molecule has 2 N–H and O–H groups in total. The van der Waals surface area contributed by atoms with Crippen LogP contribution in [0.3, 0.4) is 0 Å². The average Bonchev–Trinajstić information content (AvgIpc) is 2.91. The van der Waals surface area contributed by atoms with Crippen molar-refractivity contribution < 1.29 is 13.2 Å². The Balaban J connectivity index is 1.64. The highest BCUT2D eigenvalue weighted by atomic mass is 35.5. The molecule has 2 aliphatic rings. The molecule has 3 rings (SSSR count). The third-order valence-corrected chi connectivity index (χ3v) is 6.98. The first-order valence-electron chi connectivity index (χ1n) is 8.57. The van der Waals surface area contributed by atoms with E-state index in [1.165, 1.54) is 24.3 Å². The van der Waals surface area contributed by atoms with Gasteiger partial charge in [-0.25, -0.2) is 8.42 Å². The first kappa shape index (κ1) is 18.6. The normalized spacial score (nSPS) is 27.1. The van der Waals surface area contributed by atoms with Crippen LogP contribution in [0, 0.1) is 0 Å². The number of nitrogens with one attached hydrogen (secondary N) is 2. The zero-order chi connectivity index (χ0) is 18.2. The lowest BCUT2D eigenvalue weighted by atomic mass is 9.98. The van der Waals surface area contributed by atoms with E-state index in [0.717, 1.165) is 25.7 Å². The molecule has 8 heteroatoms. The van der Waals surface area contributed by atoms with E-state index in [2.05, 4.69) is 10.0 Å². The second-order valence-electron chi connectivity index (χ2n) is 7.01. The highest BCUT2D eigenvalue weighted by Crippen LogP contribution is 2.29. The fourth-order valence-electron chi connectivity index (χ4n) is 3.79. The molecule has 3 atom stereocenters. The number of carbonyl (C=O) groups is 1. The molecule has 138 valence electrons. The predicted molar refractivity (Wildman–Crippen MR) is 97.0 cm³/mol. The van der Waals surface area contributed by atoms with Crippen LogP contribution < -0.4 is 10.0 Å². The van der Waals surface area contributed by atoms with Crippen LogP contribution in [0.15, 0.2) is 29.2 Å². The van der Waals surface area contributed by atoms with Crippen molar-refractivity contribution in [3.8, 4) is 0 Å². The van der Waals surface area contributed by atoms with Gasteiger partial charge in [0.05, 0.1) is 10.9 Å². The zero-order valence-electron chi connectivity index (χ0n) is 14.4. The van der Waals surface area contributed by atoms with Crippen LogP contribution in [0.25, 0.3) is 0 Å². The molecule has 25 heavy (non-hydrogen) atoms. The SMILES string of the molecule is CC(NS(=O)(=O)c1ccc(Cl)cc1)C(=O)N(C)C1CC2CCC(C1)N2. The van der Waals surface area contributed by atoms with Crippen molar-refractivity contribution in [2.45, 2.75) is 61.7 Å². The lowest BCUT2D eigenvalue weighted by Gasteiger charge is -2.36. The number of hydrogen-bond acceptors (Lipinski definition) is 4. The van der Waals surface area contributed by atoms with Crippen LogP contribution in [0.1, 0.15) is 32.6 Å². The number of halogens is 1. The fraction of sp³-hybridized carbons (Fsp3) is 0.588. The average molecular weight is 386 g/mol. The summed E-state index contributed by atoms with van der Waals surface area (Å²) < 4.78 is 27.3. The van der Waals surface area contributed by atoms with E-state index >= 15 is 0 Å². The Morgan fingerprint density at radius 2 is 1.80 bits per heavy atom. The number of likely N-dealkylation sites (N-methyl/N-ethyl adjacent to an activating group) is 1. The summed E-state index contributed by atoms with van der Waals surface area (Å²) in [5.41, 5.74) is 0. The standard InChI is InChI=1S/C17H24ClN3O3S/c1-11(20-25(23,24)16-7-3-12(18)4-8-16)17(22)21(2)15-9-13-5-6-14(10-15)19-13/h3-4,7-8,11,13-15,19-20H,5-6,9-10H2,1-2H3. The molecule has 1 aromatic rings. The van der Waals surface area contributed by atoms with Crippen molar-refractivity contribution in [2.24, 2.45) is 0 Å². The molecule has 2 fully saturated rings. The Labute approximate surface area is 154 Å². The number of sulfonamides is 1. The van der Waals surface area contributed by atoms with Gasteiger partial charge in [-0.05, 0) is 56.9 Å². The van der Waals surface area contributed by atoms with Gasteiger partial charge in [-0.3, -0.25) is 4.79 Å². The van der Waals surface area contributed by atoms with E-state index < -0.39 is 16.1 Å². The molecule has 1 aromatic carbocycles. The van der Waals surface area contributed by atoms with Crippen LogP contribution in [0.2, 0.25) is 5.02 Å². The maximum atomic E-state index is 12.7. The Morgan fingerprint density at radius 1 is 1.24 bits per heavy atom. The molecule has 3 unspecified atom stereocenters. The summed E-state index contributed by atoms with van der Waals surface area (Å²) in [6, 6.07) is 6.16. The van der Waals surface area contributed by atoms with Gasteiger partial charge in [0.2, 0.25) is 15.9 Å². The molecule has 0 radical (unpaired) electrons. The molecule has 1 amide bonds. The van der Waals surface area contributed by atoms with Crippen molar-refractivity contribution in [3.63, 3.8) is 0 Å². The third kappa shape index (κ3) is 4.16. The Hall–Kier alpha value is -1.15. The Kier molecular flexibility index (Phi) is 5.39. The summed E-state index contributed by atoms with van der Waals surface area (Å²) in [5.74, 6) is -0.205. The smallest absolute Gasteiger partial charge is 0.241 e. The summed E-state index contributed by atoms with van der Waals surface area (Å²) >= 11 is 5.79. The number of nitrogens with zero attached hydrogens (tertiary/aromatic N) is 1. The van der Waals surface area contributed by atoms with Gasteiger partial charge in [0.25, 0.3) is 0 Å². The van der Waals surface area contributed by atoms with Crippen molar-refractivity contribution >= 4 is 27.5 Å². The molecular weight excluding hydrogens is 362 g/mol. The zero-order valence-corrected chi connectivity index (χ0v) is 16.0. The van der Waals surface area contributed by atoms with Gasteiger partial charge in [0, 0.05) is 30.2 Å². The van der Waals surface area contributed by atoms with Gasteiger partial charge in [-0.15, -0.1) is 0 Å². The maximum absolute atomic E-state index is 12.7. The van der Waals surface area contributed by atoms with Crippen LogP contribution in [0.5, 0.6) is 0 Å². The quantitative estimate of drug-likeness (QED) is 0.809. The number of benzene rings is 1.